The second-order valence-electron chi connectivity index (χ2n) is 6.04. The van der Waals surface area contributed by atoms with Crippen molar-refractivity contribution >= 4 is 21.9 Å². The summed E-state index contributed by atoms with van der Waals surface area (Å²) in [5.74, 6) is -1.14. The SMILES string of the molecule is CC(CC(=O)NS(=O)(=O)CCCC(=O)O)CC(C)Cc1nnn[nH]1. The summed E-state index contributed by atoms with van der Waals surface area (Å²) < 4.78 is 25.4. The number of tetrazole rings is 1. The molecule has 0 bridgehead atoms. The molecule has 0 saturated carbocycles. The van der Waals surface area contributed by atoms with Gasteiger partial charge in [-0.2, -0.15) is 0 Å². The molecule has 2 unspecified atom stereocenters. The molecule has 1 aromatic rings. The number of rotatable bonds is 11. The number of aliphatic carboxylic acids is 1. The van der Waals surface area contributed by atoms with Crippen molar-refractivity contribution in [2.45, 2.75) is 46.0 Å². The lowest BCUT2D eigenvalue weighted by Gasteiger charge is -2.16. The van der Waals surface area contributed by atoms with E-state index >= 15 is 0 Å². The van der Waals surface area contributed by atoms with Gasteiger partial charge in [-0.15, -0.1) is 5.10 Å². The molecule has 1 rings (SSSR count). The van der Waals surface area contributed by atoms with Gasteiger partial charge in [-0.25, -0.2) is 13.5 Å². The Kier molecular flexibility index (Phi) is 7.75. The molecule has 0 aliphatic rings. The monoisotopic (exact) mass is 361 g/mol. The minimum atomic E-state index is -3.79. The highest BCUT2D eigenvalue weighted by atomic mass is 32.2. The maximum atomic E-state index is 11.8. The lowest BCUT2D eigenvalue weighted by atomic mass is 9.92. The first kappa shape index (κ1) is 20.0. The topological polar surface area (TPSA) is 155 Å². The van der Waals surface area contributed by atoms with Crippen LogP contribution in [0.3, 0.4) is 0 Å². The van der Waals surface area contributed by atoms with Crippen LogP contribution in [0.4, 0.5) is 0 Å². The first-order valence-electron chi connectivity index (χ1n) is 7.65. The zero-order chi connectivity index (χ0) is 18.2. The number of sulfonamides is 1. The predicted octanol–water partition coefficient (Wildman–Crippen LogP) is 0.105. The molecule has 0 aromatic carbocycles. The number of carboxylic acids is 1. The lowest BCUT2D eigenvalue weighted by molar-refractivity contribution is -0.137. The molecule has 136 valence electrons. The van der Waals surface area contributed by atoms with Crippen molar-refractivity contribution in [3.63, 3.8) is 0 Å². The maximum absolute atomic E-state index is 11.8. The van der Waals surface area contributed by atoms with Crippen LogP contribution in [-0.4, -0.2) is 51.8 Å². The first-order valence-corrected chi connectivity index (χ1v) is 9.31. The molecule has 1 amide bonds. The van der Waals surface area contributed by atoms with E-state index in [1.54, 1.807) is 0 Å². The van der Waals surface area contributed by atoms with Gasteiger partial charge in [0.2, 0.25) is 15.9 Å². The lowest BCUT2D eigenvalue weighted by Crippen LogP contribution is -2.33. The second kappa shape index (κ2) is 9.30. The minimum Gasteiger partial charge on any atom is -0.481 e. The van der Waals surface area contributed by atoms with Gasteiger partial charge in [0.05, 0.1) is 5.75 Å². The van der Waals surface area contributed by atoms with Crippen LogP contribution in [-0.2, 0) is 26.0 Å². The van der Waals surface area contributed by atoms with E-state index < -0.39 is 21.9 Å². The summed E-state index contributed by atoms with van der Waals surface area (Å²) in [5, 5.41) is 21.9. The van der Waals surface area contributed by atoms with Crippen LogP contribution in [0.15, 0.2) is 0 Å². The van der Waals surface area contributed by atoms with E-state index in [9.17, 15) is 18.0 Å². The number of carboxylic acid groups (broad SMARTS) is 1. The third kappa shape index (κ3) is 8.56. The van der Waals surface area contributed by atoms with E-state index in [1.165, 1.54) is 0 Å². The first-order chi connectivity index (χ1) is 11.2. The average molecular weight is 361 g/mol. The Labute approximate surface area is 140 Å². The fourth-order valence-electron chi connectivity index (χ4n) is 2.44. The van der Waals surface area contributed by atoms with Crippen molar-refractivity contribution in [1.82, 2.24) is 25.3 Å². The third-order valence-electron chi connectivity index (χ3n) is 3.34. The number of nitrogens with one attached hydrogen (secondary N) is 2. The molecule has 2 atom stereocenters. The van der Waals surface area contributed by atoms with Gasteiger partial charge in [0.25, 0.3) is 0 Å². The van der Waals surface area contributed by atoms with Crippen LogP contribution in [0.25, 0.3) is 0 Å². The van der Waals surface area contributed by atoms with Crippen molar-refractivity contribution in [2.24, 2.45) is 11.8 Å². The van der Waals surface area contributed by atoms with Gasteiger partial charge in [0.15, 0.2) is 0 Å². The van der Waals surface area contributed by atoms with Crippen LogP contribution < -0.4 is 4.72 Å². The van der Waals surface area contributed by atoms with E-state index in [4.69, 9.17) is 5.11 Å². The van der Waals surface area contributed by atoms with Gasteiger partial charge >= 0.3 is 5.97 Å². The molecule has 1 aromatic heterocycles. The highest BCUT2D eigenvalue weighted by Gasteiger charge is 2.19. The largest absolute Gasteiger partial charge is 0.481 e. The molecule has 24 heavy (non-hydrogen) atoms. The van der Waals surface area contributed by atoms with Gasteiger partial charge in [-0.05, 0) is 35.1 Å². The number of aromatic amines is 1. The summed E-state index contributed by atoms with van der Waals surface area (Å²) in [5.41, 5.74) is 0. The van der Waals surface area contributed by atoms with E-state index in [0.29, 0.717) is 18.7 Å². The van der Waals surface area contributed by atoms with Gasteiger partial charge in [0.1, 0.15) is 5.82 Å². The number of carbonyl (C=O) groups excluding carboxylic acids is 1. The highest BCUT2D eigenvalue weighted by molar-refractivity contribution is 7.90. The molecule has 0 fully saturated rings. The number of carbonyl (C=O) groups is 2. The standard InChI is InChI=1S/C13H23N5O5S/c1-9(7-11-14-17-18-15-11)6-10(2)8-12(19)16-24(22,23)5-3-4-13(20)21/h9-10H,3-8H2,1-2H3,(H,16,19)(H,20,21)(H,14,15,17,18). The van der Waals surface area contributed by atoms with E-state index in [1.807, 2.05) is 18.6 Å². The number of hydrogen-bond acceptors (Lipinski definition) is 7. The van der Waals surface area contributed by atoms with Crippen LogP contribution in [0, 0.1) is 11.8 Å². The molecule has 1 heterocycles. The molecular formula is C13H23N5O5S. The molecule has 0 saturated heterocycles. The van der Waals surface area contributed by atoms with Gasteiger partial charge in [-0.3, -0.25) is 14.3 Å². The smallest absolute Gasteiger partial charge is 0.303 e. The number of hydrogen-bond donors (Lipinski definition) is 3. The summed E-state index contributed by atoms with van der Waals surface area (Å²) in [6.45, 7) is 3.87. The number of aromatic nitrogens is 4. The summed E-state index contributed by atoms with van der Waals surface area (Å²) in [6.07, 6.45) is 1.16. The van der Waals surface area contributed by atoms with Crippen molar-refractivity contribution in [1.29, 1.82) is 0 Å². The minimum absolute atomic E-state index is 0.00917. The number of H-pyrrole nitrogens is 1. The zero-order valence-electron chi connectivity index (χ0n) is 13.7. The molecule has 11 heteroatoms. The second-order valence-corrected chi connectivity index (χ2v) is 7.89. The summed E-state index contributed by atoms with van der Waals surface area (Å²) in [6, 6.07) is 0. The van der Waals surface area contributed by atoms with Crippen LogP contribution in [0.1, 0.15) is 45.4 Å². The number of amides is 1. The molecule has 0 aliphatic heterocycles. The zero-order valence-corrected chi connectivity index (χ0v) is 14.5. The fraction of sp³-hybridized carbons (Fsp3) is 0.769. The Morgan fingerprint density at radius 1 is 1.29 bits per heavy atom. The van der Waals surface area contributed by atoms with Gasteiger partial charge in [-0.1, -0.05) is 13.8 Å². The van der Waals surface area contributed by atoms with Crippen molar-refractivity contribution in [3.8, 4) is 0 Å². The average Bonchev–Trinajstić information content (AvgIpc) is 2.88. The van der Waals surface area contributed by atoms with Crippen LogP contribution in [0.2, 0.25) is 0 Å². The molecule has 0 spiro atoms. The van der Waals surface area contributed by atoms with Crippen LogP contribution >= 0.6 is 0 Å². The Bertz CT molecular complexity index is 631. The molecule has 3 N–H and O–H groups in total. The molecule has 0 aliphatic carbocycles. The normalized spacial score (nSPS) is 14.1. The molecular weight excluding hydrogens is 338 g/mol. The Morgan fingerprint density at radius 3 is 2.58 bits per heavy atom. The fourth-order valence-corrected chi connectivity index (χ4v) is 3.50. The van der Waals surface area contributed by atoms with Gasteiger partial charge in [0, 0.05) is 19.3 Å². The Balaban J connectivity index is 2.33. The molecule has 0 radical (unpaired) electrons. The Hall–Kier alpha value is -2.04. The van der Waals surface area contributed by atoms with Gasteiger partial charge < -0.3 is 5.11 Å². The highest BCUT2D eigenvalue weighted by Crippen LogP contribution is 2.17. The summed E-state index contributed by atoms with van der Waals surface area (Å²) >= 11 is 0. The maximum Gasteiger partial charge on any atom is 0.303 e. The van der Waals surface area contributed by atoms with Crippen molar-refractivity contribution < 1.29 is 23.1 Å². The van der Waals surface area contributed by atoms with Crippen molar-refractivity contribution in [3.05, 3.63) is 5.82 Å². The number of nitrogens with zero attached hydrogens (tertiary/aromatic N) is 3. The van der Waals surface area contributed by atoms with E-state index in [-0.39, 0.29) is 36.9 Å². The molecule has 10 nitrogen and oxygen atoms in total. The quantitative estimate of drug-likeness (QED) is 0.501. The summed E-state index contributed by atoms with van der Waals surface area (Å²) in [7, 11) is -3.79. The predicted molar refractivity (Wildman–Crippen MR) is 84.2 cm³/mol. The Morgan fingerprint density at radius 2 is 2.00 bits per heavy atom. The van der Waals surface area contributed by atoms with E-state index in [0.717, 1.165) is 0 Å². The van der Waals surface area contributed by atoms with Crippen LogP contribution in [0.5, 0.6) is 0 Å². The van der Waals surface area contributed by atoms with E-state index in [2.05, 4.69) is 20.6 Å². The van der Waals surface area contributed by atoms with Crippen molar-refractivity contribution in [2.75, 3.05) is 5.75 Å². The summed E-state index contributed by atoms with van der Waals surface area (Å²) in [4.78, 5) is 22.2. The third-order valence-corrected chi connectivity index (χ3v) is 4.71.